The molecule has 0 spiro atoms. The van der Waals surface area contributed by atoms with Crippen molar-refractivity contribution >= 4 is 16.9 Å². The van der Waals surface area contributed by atoms with Crippen LogP contribution in [-0.2, 0) is 6.54 Å². The molecule has 0 saturated carbocycles. The fourth-order valence-electron chi connectivity index (χ4n) is 3.18. The normalized spacial score (nSPS) is 10.8. The average Bonchev–Trinajstić information content (AvgIpc) is 3.39. The van der Waals surface area contributed by atoms with Crippen molar-refractivity contribution in [2.24, 2.45) is 0 Å². The number of rotatable bonds is 6. The van der Waals surface area contributed by atoms with E-state index in [1.807, 2.05) is 65.5 Å². The van der Waals surface area contributed by atoms with E-state index in [0.29, 0.717) is 23.6 Å². The molecule has 1 amide bonds. The van der Waals surface area contributed by atoms with Gasteiger partial charge in [0, 0.05) is 36.0 Å². The molecule has 0 bridgehead atoms. The Morgan fingerprint density at radius 3 is 2.57 bits per heavy atom. The molecule has 142 valence electrons. The van der Waals surface area contributed by atoms with Crippen molar-refractivity contribution in [3.8, 4) is 17.2 Å². The van der Waals surface area contributed by atoms with Crippen molar-refractivity contribution in [1.29, 1.82) is 0 Å². The molecule has 6 heteroatoms. The number of ether oxygens (including phenoxy) is 2. The summed E-state index contributed by atoms with van der Waals surface area (Å²) in [6, 6.07) is 16.9. The Kier molecular flexibility index (Phi) is 4.76. The Balaban J connectivity index is 1.64. The van der Waals surface area contributed by atoms with Gasteiger partial charge in [0.25, 0.3) is 5.91 Å². The van der Waals surface area contributed by atoms with Crippen LogP contribution in [0.15, 0.2) is 71.4 Å². The third-order valence-electron chi connectivity index (χ3n) is 4.57. The summed E-state index contributed by atoms with van der Waals surface area (Å²) in [4.78, 5) is 12.9. The molecule has 4 aromatic rings. The second-order valence-corrected chi connectivity index (χ2v) is 6.23. The third kappa shape index (κ3) is 3.20. The van der Waals surface area contributed by atoms with Gasteiger partial charge in [-0.2, -0.15) is 0 Å². The number of fused-ring (bicyclic) bond motifs is 1. The third-order valence-corrected chi connectivity index (χ3v) is 4.57. The smallest absolute Gasteiger partial charge is 0.289 e. The zero-order valence-electron chi connectivity index (χ0n) is 15.6. The standard InChI is InChI=1S/C22H20N2O4/c1-26-16-10-9-15(19(13-16)27-2)14-23-22(25)21-20(24-11-5-6-12-24)17-7-3-4-8-18(17)28-21/h3-13H,14H2,1-2H3,(H,23,25). The van der Waals surface area contributed by atoms with E-state index in [1.54, 1.807) is 20.3 Å². The molecular formula is C22H20N2O4. The van der Waals surface area contributed by atoms with Gasteiger partial charge < -0.3 is 23.8 Å². The van der Waals surface area contributed by atoms with Gasteiger partial charge in [-0.15, -0.1) is 0 Å². The molecule has 4 rings (SSSR count). The highest BCUT2D eigenvalue weighted by molar-refractivity contribution is 6.03. The molecule has 1 N–H and O–H groups in total. The summed E-state index contributed by atoms with van der Waals surface area (Å²) in [5.74, 6) is 1.32. The number of nitrogens with one attached hydrogen (secondary N) is 1. The lowest BCUT2D eigenvalue weighted by Gasteiger charge is -2.11. The van der Waals surface area contributed by atoms with Gasteiger partial charge in [0.1, 0.15) is 22.8 Å². The van der Waals surface area contributed by atoms with E-state index in [2.05, 4.69) is 5.32 Å². The molecule has 2 aromatic heterocycles. The molecule has 0 saturated heterocycles. The number of carbonyl (C=O) groups excluding carboxylic acids is 1. The summed E-state index contributed by atoms with van der Waals surface area (Å²) in [6.07, 6.45) is 3.78. The molecule has 28 heavy (non-hydrogen) atoms. The maximum atomic E-state index is 12.9. The molecule has 0 aliphatic heterocycles. The van der Waals surface area contributed by atoms with Gasteiger partial charge in [-0.3, -0.25) is 4.79 Å². The van der Waals surface area contributed by atoms with Gasteiger partial charge in [-0.05, 0) is 36.4 Å². The van der Waals surface area contributed by atoms with Crippen molar-refractivity contribution < 1.29 is 18.7 Å². The second kappa shape index (κ2) is 7.52. The molecule has 2 aromatic carbocycles. The Morgan fingerprint density at radius 2 is 1.82 bits per heavy atom. The van der Waals surface area contributed by atoms with E-state index in [0.717, 1.165) is 16.6 Å². The number of methoxy groups -OCH3 is 2. The quantitative estimate of drug-likeness (QED) is 0.548. The lowest BCUT2D eigenvalue weighted by Crippen LogP contribution is -2.23. The predicted molar refractivity (Wildman–Crippen MR) is 106 cm³/mol. The van der Waals surface area contributed by atoms with Crippen LogP contribution in [0.2, 0.25) is 0 Å². The summed E-state index contributed by atoms with van der Waals surface area (Å²) in [7, 11) is 3.18. The molecule has 2 heterocycles. The van der Waals surface area contributed by atoms with E-state index in [-0.39, 0.29) is 11.7 Å². The van der Waals surface area contributed by atoms with Gasteiger partial charge in [0.05, 0.1) is 14.2 Å². The maximum Gasteiger partial charge on any atom is 0.289 e. The Labute approximate surface area is 162 Å². The number of hydrogen-bond acceptors (Lipinski definition) is 4. The highest BCUT2D eigenvalue weighted by Crippen LogP contribution is 2.30. The molecule has 0 aliphatic rings. The Bertz CT molecular complexity index is 1110. The molecule has 0 aliphatic carbocycles. The number of hydrogen-bond donors (Lipinski definition) is 1. The monoisotopic (exact) mass is 376 g/mol. The van der Waals surface area contributed by atoms with Gasteiger partial charge in [0.15, 0.2) is 0 Å². The number of nitrogens with zero attached hydrogens (tertiary/aromatic N) is 1. The molecule has 0 unspecified atom stereocenters. The summed E-state index contributed by atoms with van der Waals surface area (Å²) in [5.41, 5.74) is 2.23. The fourth-order valence-corrected chi connectivity index (χ4v) is 3.18. The van der Waals surface area contributed by atoms with E-state index < -0.39 is 0 Å². The summed E-state index contributed by atoms with van der Waals surface area (Å²) in [5, 5.41) is 3.80. The van der Waals surface area contributed by atoms with E-state index >= 15 is 0 Å². The van der Waals surface area contributed by atoms with E-state index in [9.17, 15) is 4.79 Å². The highest BCUT2D eigenvalue weighted by Gasteiger charge is 2.21. The summed E-state index contributed by atoms with van der Waals surface area (Å²) >= 11 is 0. The van der Waals surface area contributed by atoms with Crippen LogP contribution in [0.5, 0.6) is 11.5 Å². The topological polar surface area (TPSA) is 65.6 Å². The zero-order chi connectivity index (χ0) is 19.5. The molecule has 6 nitrogen and oxygen atoms in total. The lowest BCUT2D eigenvalue weighted by atomic mass is 10.1. The Morgan fingerprint density at radius 1 is 1.04 bits per heavy atom. The van der Waals surface area contributed by atoms with E-state index in [4.69, 9.17) is 13.9 Å². The van der Waals surface area contributed by atoms with E-state index in [1.165, 1.54) is 0 Å². The largest absolute Gasteiger partial charge is 0.497 e. The van der Waals surface area contributed by atoms with Crippen molar-refractivity contribution in [2.75, 3.05) is 14.2 Å². The minimum Gasteiger partial charge on any atom is -0.497 e. The molecule has 0 atom stereocenters. The first-order chi connectivity index (χ1) is 13.7. The first-order valence-electron chi connectivity index (χ1n) is 8.85. The van der Waals surface area contributed by atoms with Gasteiger partial charge >= 0.3 is 0 Å². The molecular weight excluding hydrogens is 356 g/mol. The second-order valence-electron chi connectivity index (χ2n) is 6.23. The van der Waals surface area contributed by atoms with Crippen LogP contribution in [0, 0.1) is 0 Å². The first kappa shape index (κ1) is 17.7. The maximum absolute atomic E-state index is 12.9. The van der Waals surface area contributed by atoms with Crippen LogP contribution in [0.3, 0.4) is 0 Å². The number of amides is 1. The van der Waals surface area contributed by atoms with Crippen LogP contribution in [-0.4, -0.2) is 24.7 Å². The number of benzene rings is 2. The Hall–Kier alpha value is -3.67. The minimum atomic E-state index is -0.294. The van der Waals surface area contributed by atoms with Crippen LogP contribution >= 0.6 is 0 Å². The van der Waals surface area contributed by atoms with Crippen molar-refractivity contribution in [1.82, 2.24) is 9.88 Å². The van der Waals surface area contributed by atoms with Crippen molar-refractivity contribution in [3.05, 3.63) is 78.3 Å². The number of carbonyl (C=O) groups is 1. The summed E-state index contributed by atoms with van der Waals surface area (Å²) < 4.78 is 18.4. The molecule has 0 radical (unpaired) electrons. The molecule has 0 fully saturated rings. The minimum absolute atomic E-state index is 0.268. The SMILES string of the molecule is COc1ccc(CNC(=O)c2oc3ccccc3c2-n2cccc2)c(OC)c1. The summed E-state index contributed by atoms with van der Waals surface area (Å²) in [6.45, 7) is 0.300. The first-order valence-corrected chi connectivity index (χ1v) is 8.85. The number of aromatic nitrogens is 1. The fraction of sp³-hybridized carbons (Fsp3) is 0.136. The van der Waals surface area contributed by atoms with Crippen LogP contribution < -0.4 is 14.8 Å². The van der Waals surface area contributed by atoms with Crippen LogP contribution in [0.1, 0.15) is 16.1 Å². The average molecular weight is 376 g/mol. The van der Waals surface area contributed by atoms with Gasteiger partial charge in [-0.25, -0.2) is 0 Å². The lowest BCUT2D eigenvalue weighted by molar-refractivity contribution is 0.0925. The zero-order valence-corrected chi connectivity index (χ0v) is 15.6. The van der Waals surface area contributed by atoms with Crippen LogP contribution in [0.4, 0.5) is 0 Å². The number of para-hydroxylation sites is 1. The van der Waals surface area contributed by atoms with Crippen molar-refractivity contribution in [2.45, 2.75) is 6.54 Å². The predicted octanol–water partition coefficient (Wildman–Crippen LogP) is 4.17. The van der Waals surface area contributed by atoms with Crippen molar-refractivity contribution in [3.63, 3.8) is 0 Å². The number of furan rings is 1. The van der Waals surface area contributed by atoms with Gasteiger partial charge in [0.2, 0.25) is 5.76 Å². The van der Waals surface area contributed by atoms with Gasteiger partial charge in [-0.1, -0.05) is 12.1 Å². The highest BCUT2D eigenvalue weighted by atomic mass is 16.5. The van der Waals surface area contributed by atoms with Crippen LogP contribution in [0.25, 0.3) is 16.7 Å².